The van der Waals surface area contributed by atoms with Gasteiger partial charge >= 0.3 is 0 Å². The number of benzene rings is 1. The van der Waals surface area contributed by atoms with Crippen LogP contribution in [-0.2, 0) is 11.2 Å². The summed E-state index contributed by atoms with van der Waals surface area (Å²) in [5.74, 6) is 0.785. The number of hydrogen-bond acceptors (Lipinski definition) is 1. The van der Waals surface area contributed by atoms with Crippen molar-refractivity contribution in [1.29, 1.82) is 0 Å². The van der Waals surface area contributed by atoms with E-state index in [9.17, 15) is 4.79 Å². The van der Waals surface area contributed by atoms with Crippen LogP contribution in [0.4, 0.5) is 0 Å². The quantitative estimate of drug-likeness (QED) is 0.773. The van der Waals surface area contributed by atoms with E-state index in [1.54, 1.807) is 0 Å². The van der Waals surface area contributed by atoms with Crippen LogP contribution in [0.1, 0.15) is 44.1 Å². The molecule has 1 aliphatic rings. The van der Waals surface area contributed by atoms with Crippen LogP contribution in [0.2, 0.25) is 5.02 Å². The molecule has 2 rings (SSSR count). The van der Waals surface area contributed by atoms with Crippen LogP contribution in [0, 0.1) is 5.92 Å². The van der Waals surface area contributed by atoms with Crippen molar-refractivity contribution in [2.45, 2.75) is 44.9 Å². The second kappa shape index (κ2) is 6.20. The van der Waals surface area contributed by atoms with Crippen LogP contribution in [0.5, 0.6) is 0 Å². The van der Waals surface area contributed by atoms with Crippen LogP contribution in [0.15, 0.2) is 24.3 Å². The number of aryl methyl sites for hydroxylation is 1. The van der Waals surface area contributed by atoms with Crippen molar-refractivity contribution >= 4 is 17.4 Å². The van der Waals surface area contributed by atoms with E-state index < -0.39 is 0 Å². The first kappa shape index (κ1) is 12.6. The third-order valence-electron chi connectivity index (χ3n) is 3.61. The Morgan fingerprint density at radius 3 is 2.71 bits per heavy atom. The van der Waals surface area contributed by atoms with E-state index in [-0.39, 0.29) is 0 Å². The van der Waals surface area contributed by atoms with Gasteiger partial charge in [-0.3, -0.25) is 4.79 Å². The molecular formula is C15H19ClO. The summed E-state index contributed by atoms with van der Waals surface area (Å²) in [4.78, 5) is 12.0. The molecule has 0 bridgehead atoms. The van der Waals surface area contributed by atoms with E-state index in [0.717, 1.165) is 24.3 Å². The van der Waals surface area contributed by atoms with Crippen molar-refractivity contribution in [3.05, 3.63) is 34.9 Å². The van der Waals surface area contributed by atoms with E-state index in [1.165, 1.54) is 24.8 Å². The SMILES string of the molecule is O=C(CCc1cccc(Cl)c1)C1CCCCC1. The normalized spacial score (nSPS) is 17.0. The summed E-state index contributed by atoms with van der Waals surface area (Å²) in [6.45, 7) is 0. The highest BCUT2D eigenvalue weighted by Gasteiger charge is 2.20. The maximum Gasteiger partial charge on any atom is 0.136 e. The zero-order chi connectivity index (χ0) is 12.1. The molecule has 0 amide bonds. The second-order valence-electron chi connectivity index (χ2n) is 4.93. The number of ketones is 1. The number of carbonyl (C=O) groups excluding carboxylic acids is 1. The van der Waals surface area contributed by atoms with E-state index in [4.69, 9.17) is 11.6 Å². The molecule has 0 unspecified atom stereocenters. The average Bonchev–Trinajstić information content (AvgIpc) is 2.37. The van der Waals surface area contributed by atoms with Gasteiger partial charge in [-0.15, -0.1) is 0 Å². The van der Waals surface area contributed by atoms with Gasteiger partial charge in [0.25, 0.3) is 0 Å². The standard InChI is InChI=1S/C15H19ClO/c16-14-8-4-5-12(11-14)9-10-15(17)13-6-2-1-3-7-13/h4-5,8,11,13H,1-3,6-7,9-10H2. The second-order valence-corrected chi connectivity index (χ2v) is 5.37. The Kier molecular flexibility index (Phi) is 4.61. The third kappa shape index (κ3) is 3.85. The highest BCUT2D eigenvalue weighted by atomic mass is 35.5. The molecule has 1 fully saturated rings. The van der Waals surface area contributed by atoms with E-state index in [1.807, 2.05) is 24.3 Å². The zero-order valence-electron chi connectivity index (χ0n) is 10.1. The van der Waals surface area contributed by atoms with Crippen LogP contribution in [0.25, 0.3) is 0 Å². The molecule has 0 heterocycles. The maximum absolute atomic E-state index is 12.0. The highest BCUT2D eigenvalue weighted by Crippen LogP contribution is 2.25. The van der Waals surface area contributed by atoms with Crippen molar-refractivity contribution in [1.82, 2.24) is 0 Å². The average molecular weight is 251 g/mol. The molecule has 0 spiro atoms. The number of Topliss-reactive ketones (excluding diaryl/α,β-unsaturated/α-hetero) is 1. The molecule has 1 nitrogen and oxygen atoms in total. The molecule has 0 atom stereocenters. The molecule has 0 aliphatic heterocycles. The minimum absolute atomic E-state index is 0.336. The van der Waals surface area contributed by atoms with Gasteiger partial charge in [-0.1, -0.05) is 43.0 Å². The predicted molar refractivity (Wildman–Crippen MR) is 71.4 cm³/mol. The van der Waals surface area contributed by atoms with Gasteiger partial charge < -0.3 is 0 Å². The fraction of sp³-hybridized carbons (Fsp3) is 0.533. The molecular weight excluding hydrogens is 232 g/mol. The summed E-state index contributed by atoms with van der Waals surface area (Å²) in [6, 6.07) is 7.81. The number of halogens is 1. The molecule has 0 saturated heterocycles. The molecule has 1 saturated carbocycles. The van der Waals surface area contributed by atoms with Gasteiger partial charge in [0, 0.05) is 17.4 Å². The summed E-state index contributed by atoms with van der Waals surface area (Å²) in [6.07, 6.45) is 7.48. The molecule has 0 radical (unpaired) electrons. The Balaban J connectivity index is 1.83. The minimum atomic E-state index is 0.336. The number of carbonyl (C=O) groups is 1. The van der Waals surface area contributed by atoms with Crippen molar-refractivity contribution < 1.29 is 4.79 Å². The van der Waals surface area contributed by atoms with E-state index in [0.29, 0.717) is 18.1 Å². The Hall–Kier alpha value is -0.820. The molecule has 1 aliphatic carbocycles. The van der Waals surface area contributed by atoms with Gasteiger partial charge in [-0.05, 0) is 37.0 Å². The fourth-order valence-electron chi connectivity index (χ4n) is 2.59. The van der Waals surface area contributed by atoms with Gasteiger partial charge in [0.05, 0.1) is 0 Å². The largest absolute Gasteiger partial charge is 0.299 e. The van der Waals surface area contributed by atoms with Gasteiger partial charge in [-0.2, -0.15) is 0 Å². The van der Waals surface area contributed by atoms with Gasteiger partial charge in [0.1, 0.15) is 5.78 Å². The third-order valence-corrected chi connectivity index (χ3v) is 3.84. The number of hydrogen-bond donors (Lipinski definition) is 0. The fourth-order valence-corrected chi connectivity index (χ4v) is 2.80. The predicted octanol–water partition coefficient (Wildman–Crippen LogP) is 4.42. The van der Waals surface area contributed by atoms with Gasteiger partial charge in [-0.25, -0.2) is 0 Å². The van der Waals surface area contributed by atoms with Gasteiger partial charge in [0.15, 0.2) is 0 Å². The van der Waals surface area contributed by atoms with Crippen LogP contribution < -0.4 is 0 Å². The minimum Gasteiger partial charge on any atom is -0.299 e. The summed E-state index contributed by atoms with van der Waals surface area (Å²) < 4.78 is 0. The van der Waals surface area contributed by atoms with Crippen LogP contribution in [-0.4, -0.2) is 5.78 Å². The first-order chi connectivity index (χ1) is 8.25. The van der Waals surface area contributed by atoms with Crippen molar-refractivity contribution in [2.75, 3.05) is 0 Å². The summed E-state index contributed by atoms with van der Waals surface area (Å²) >= 11 is 5.92. The first-order valence-corrected chi connectivity index (χ1v) is 6.90. The topological polar surface area (TPSA) is 17.1 Å². The molecule has 1 aromatic carbocycles. The molecule has 1 aromatic rings. The molecule has 92 valence electrons. The Bertz CT molecular complexity index is 380. The lowest BCUT2D eigenvalue weighted by Crippen LogP contribution is -2.18. The Labute approximate surface area is 108 Å². The van der Waals surface area contributed by atoms with Crippen LogP contribution >= 0.6 is 11.6 Å². The lowest BCUT2D eigenvalue weighted by Gasteiger charge is -2.20. The van der Waals surface area contributed by atoms with Crippen molar-refractivity contribution in [3.63, 3.8) is 0 Å². The monoisotopic (exact) mass is 250 g/mol. The maximum atomic E-state index is 12.0. The van der Waals surface area contributed by atoms with E-state index in [2.05, 4.69) is 0 Å². The lowest BCUT2D eigenvalue weighted by molar-refractivity contribution is -0.123. The van der Waals surface area contributed by atoms with E-state index >= 15 is 0 Å². The zero-order valence-corrected chi connectivity index (χ0v) is 10.9. The lowest BCUT2D eigenvalue weighted by atomic mass is 9.84. The van der Waals surface area contributed by atoms with Crippen molar-refractivity contribution in [3.8, 4) is 0 Å². The summed E-state index contributed by atoms with van der Waals surface area (Å²) in [5, 5.41) is 0.757. The highest BCUT2D eigenvalue weighted by molar-refractivity contribution is 6.30. The molecule has 0 aromatic heterocycles. The first-order valence-electron chi connectivity index (χ1n) is 6.53. The smallest absolute Gasteiger partial charge is 0.136 e. The number of rotatable bonds is 4. The summed E-state index contributed by atoms with van der Waals surface area (Å²) in [5.41, 5.74) is 1.17. The molecule has 0 N–H and O–H groups in total. The Morgan fingerprint density at radius 1 is 1.24 bits per heavy atom. The van der Waals surface area contributed by atoms with Crippen LogP contribution in [0.3, 0.4) is 0 Å². The molecule has 17 heavy (non-hydrogen) atoms. The van der Waals surface area contributed by atoms with Gasteiger partial charge in [0.2, 0.25) is 0 Å². The Morgan fingerprint density at radius 2 is 2.00 bits per heavy atom. The summed E-state index contributed by atoms with van der Waals surface area (Å²) in [7, 11) is 0. The van der Waals surface area contributed by atoms with Crippen molar-refractivity contribution in [2.24, 2.45) is 5.92 Å². The molecule has 2 heteroatoms.